The average Bonchev–Trinajstić information content (AvgIpc) is 2.71. The minimum Gasteiger partial charge on any atom is -0.408 e. The molecule has 20 heavy (non-hydrogen) atoms. The fraction of sp³-hybridized carbons (Fsp3) is 0.385. The first-order valence-corrected chi connectivity index (χ1v) is 6.54. The van der Waals surface area contributed by atoms with E-state index in [-0.39, 0.29) is 18.9 Å². The molecule has 0 fully saturated rings. The number of nitrogens with one attached hydrogen (secondary N) is 1. The largest absolute Gasteiger partial charge is 0.419 e. The monoisotopic (exact) mass is 298 g/mol. The lowest BCUT2D eigenvalue weighted by atomic mass is 10.3. The van der Waals surface area contributed by atoms with Crippen LogP contribution in [-0.4, -0.2) is 30.7 Å². The summed E-state index contributed by atoms with van der Waals surface area (Å²) in [7, 11) is 1.56. The lowest BCUT2D eigenvalue weighted by Gasteiger charge is -2.04. The molecule has 108 valence electrons. The minimum atomic E-state index is -0.494. The fourth-order valence-corrected chi connectivity index (χ4v) is 2.01. The first kappa shape index (κ1) is 14.6. The number of hydrogen-bond acceptors (Lipinski definition) is 4. The number of carbonyl (C=O) groups excluding carboxylic acids is 1. The van der Waals surface area contributed by atoms with E-state index in [1.165, 1.54) is 4.57 Å². The summed E-state index contributed by atoms with van der Waals surface area (Å²) >= 11 is 5.83. The van der Waals surface area contributed by atoms with E-state index in [1.54, 1.807) is 25.3 Å². The number of aromatic nitrogens is 1. The smallest absolute Gasteiger partial charge is 0.408 e. The molecule has 0 saturated heterocycles. The summed E-state index contributed by atoms with van der Waals surface area (Å²) in [5, 5.41) is 3.19. The molecular weight excluding hydrogens is 284 g/mol. The van der Waals surface area contributed by atoms with Crippen molar-refractivity contribution >= 4 is 28.6 Å². The number of fused-ring (bicyclic) bond motifs is 1. The highest BCUT2D eigenvalue weighted by atomic mass is 35.5. The Morgan fingerprint density at radius 3 is 3.05 bits per heavy atom. The molecule has 0 aliphatic carbocycles. The first-order valence-electron chi connectivity index (χ1n) is 6.16. The van der Waals surface area contributed by atoms with Crippen LogP contribution in [0.1, 0.15) is 6.42 Å². The van der Waals surface area contributed by atoms with Crippen molar-refractivity contribution in [2.24, 2.45) is 0 Å². The van der Waals surface area contributed by atoms with Crippen LogP contribution >= 0.6 is 11.6 Å². The summed E-state index contributed by atoms with van der Waals surface area (Å²) in [6.07, 6.45) is 0.195. The van der Waals surface area contributed by atoms with Crippen molar-refractivity contribution in [1.29, 1.82) is 0 Å². The van der Waals surface area contributed by atoms with Gasteiger partial charge in [-0.05, 0) is 12.1 Å². The molecule has 0 aliphatic rings. The second-order valence-electron chi connectivity index (χ2n) is 4.22. The summed E-state index contributed by atoms with van der Waals surface area (Å²) in [5.74, 6) is -0.635. The molecule has 0 atom stereocenters. The third-order valence-corrected chi connectivity index (χ3v) is 3.06. The number of halogens is 1. The number of oxazole rings is 1. The Kier molecular flexibility index (Phi) is 4.81. The maximum atomic E-state index is 11.7. The van der Waals surface area contributed by atoms with E-state index >= 15 is 0 Å². The van der Waals surface area contributed by atoms with Crippen LogP contribution in [-0.2, 0) is 16.1 Å². The van der Waals surface area contributed by atoms with Crippen molar-refractivity contribution in [3.8, 4) is 0 Å². The van der Waals surface area contributed by atoms with Crippen molar-refractivity contribution in [2.75, 3.05) is 20.3 Å². The van der Waals surface area contributed by atoms with Crippen LogP contribution in [0.15, 0.2) is 27.4 Å². The highest BCUT2D eigenvalue weighted by molar-refractivity contribution is 6.31. The van der Waals surface area contributed by atoms with Crippen molar-refractivity contribution in [3.63, 3.8) is 0 Å². The van der Waals surface area contributed by atoms with Crippen LogP contribution in [0.25, 0.3) is 11.1 Å². The molecular formula is C13H15ClN2O4. The molecule has 0 radical (unpaired) electrons. The number of hydrogen-bond donors (Lipinski definition) is 1. The van der Waals surface area contributed by atoms with Gasteiger partial charge in [-0.25, -0.2) is 4.79 Å². The summed E-state index contributed by atoms with van der Waals surface area (Å²) in [4.78, 5) is 23.3. The van der Waals surface area contributed by atoms with Gasteiger partial charge < -0.3 is 14.5 Å². The Bertz CT molecular complexity index is 662. The number of rotatable bonds is 6. The standard InChI is InChI=1S/C13H15ClN2O4/c1-19-7-5-15-12(17)4-6-16-10-3-2-9(14)8-11(10)20-13(16)18/h2-3,8H,4-7H2,1H3,(H,15,17). The Hall–Kier alpha value is -1.79. The maximum Gasteiger partial charge on any atom is 0.419 e. The van der Waals surface area contributed by atoms with Gasteiger partial charge in [-0.2, -0.15) is 0 Å². The molecule has 0 unspecified atom stereocenters. The van der Waals surface area contributed by atoms with Gasteiger partial charge in [-0.15, -0.1) is 0 Å². The highest BCUT2D eigenvalue weighted by Gasteiger charge is 2.11. The van der Waals surface area contributed by atoms with Crippen LogP contribution in [0.2, 0.25) is 5.02 Å². The average molecular weight is 299 g/mol. The minimum absolute atomic E-state index is 0.141. The number of aryl methyl sites for hydroxylation is 1. The predicted octanol–water partition coefficient (Wildman–Crippen LogP) is 1.40. The number of methoxy groups -OCH3 is 1. The van der Waals surface area contributed by atoms with Gasteiger partial charge in [-0.1, -0.05) is 11.6 Å². The molecule has 6 nitrogen and oxygen atoms in total. The Morgan fingerprint density at radius 1 is 1.50 bits per heavy atom. The van der Waals surface area contributed by atoms with Crippen molar-refractivity contribution in [2.45, 2.75) is 13.0 Å². The summed E-state index contributed by atoms with van der Waals surface area (Å²) in [5.41, 5.74) is 1.05. The van der Waals surface area contributed by atoms with Crippen molar-refractivity contribution in [3.05, 3.63) is 33.8 Å². The molecule has 1 heterocycles. The predicted molar refractivity (Wildman–Crippen MR) is 75.0 cm³/mol. The topological polar surface area (TPSA) is 73.5 Å². The summed E-state index contributed by atoms with van der Waals surface area (Å²) in [6.45, 7) is 1.16. The number of carbonyl (C=O) groups is 1. The molecule has 2 aromatic rings. The fourth-order valence-electron chi connectivity index (χ4n) is 1.85. The zero-order chi connectivity index (χ0) is 14.5. The molecule has 0 aliphatic heterocycles. The SMILES string of the molecule is COCCNC(=O)CCn1c(=O)oc2cc(Cl)ccc21. The first-order chi connectivity index (χ1) is 9.61. The number of benzene rings is 1. The molecule has 1 aromatic heterocycles. The normalized spacial score (nSPS) is 10.9. The van der Waals surface area contributed by atoms with E-state index in [0.717, 1.165) is 0 Å². The van der Waals surface area contributed by atoms with Gasteiger partial charge in [-0.3, -0.25) is 9.36 Å². The lowest BCUT2D eigenvalue weighted by molar-refractivity contribution is -0.121. The third kappa shape index (κ3) is 3.40. The molecule has 1 aromatic carbocycles. The number of amides is 1. The van der Waals surface area contributed by atoms with Crippen LogP contribution in [0, 0.1) is 0 Å². The van der Waals surface area contributed by atoms with E-state index in [2.05, 4.69) is 5.32 Å². The summed E-state index contributed by atoms with van der Waals surface area (Å²) < 4.78 is 11.3. The van der Waals surface area contributed by atoms with Gasteiger partial charge in [0.1, 0.15) is 0 Å². The Balaban J connectivity index is 2.05. The number of nitrogens with zero attached hydrogens (tertiary/aromatic N) is 1. The van der Waals surface area contributed by atoms with E-state index < -0.39 is 5.76 Å². The van der Waals surface area contributed by atoms with Gasteiger partial charge in [0.2, 0.25) is 5.91 Å². The quantitative estimate of drug-likeness (QED) is 0.818. The van der Waals surface area contributed by atoms with Crippen LogP contribution in [0.3, 0.4) is 0 Å². The van der Waals surface area contributed by atoms with Crippen molar-refractivity contribution < 1.29 is 13.9 Å². The van der Waals surface area contributed by atoms with Crippen LogP contribution in [0.5, 0.6) is 0 Å². The molecule has 1 N–H and O–H groups in total. The zero-order valence-electron chi connectivity index (χ0n) is 11.0. The van der Waals surface area contributed by atoms with Crippen molar-refractivity contribution in [1.82, 2.24) is 9.88 Å². The van der Waals surface area contributed by atoms with E-state index in [4.69, 9.17) is 20.8 Å². The Morgan fingerprint density at radius 2 is 2.30 bits per heavy atom. The second kappa shape index (κ2) is 6.58. The van der Waals surface area contributed by atoms with Gasteiger partial charge in [0.05, 0.1) is 12.1 Å². The van der Waals surface area contributed by atoms with E-state index in [9.17, 15) is 9.59 Å². The molecule has 0 saturated carbocycles. The van der Waals surface area contributed by atoms with Gasteiger partial charge in [0.15, 0.2) is 5.58 Å². The van der Waals surface area contributed by atoms with E-state index in [1.807, 2.05) is 0 Å². The van der Waals surface area contributed by atoms with E-state index in [0.29, 0.717) is 29.3 Å². The molecule has 2 rings (SSSR count). The van der Waals surface area contributed by atoms with Gasteiger partial charge >= 0.3 is 5.76 Å². The number of ether oxygens (including phenoxy) is 1. The zero-order valence-corrected chi connectivity index (χ0v) is 11.8. The molecule has 7 heteroatoms. The molecule has 0 bridgehead atoms. The second-order valence-corrected chi connectivity index (χ2v) is 4.66. The maximum absolute atomic E-state index is 11.7. The third-order valence-electron chi connectivity index (χ3n) is 2.82. The van der Waals surface area contributed by atoms with Gasteiger partial charge in [0.25, 0.3) is 0 Å². The highest BCUT2D eigenvalue weighted by Crippen LogP contribution is 2.18. The lowest BCUT2D eigenvalue weighted by Crippen LogP contribution is -2.28. The van der Waals surface area contributed by atoms with Gasteiger partial charge in [0, 0.05) is 37.7 Å². The summed E-state index contributed by atoms with van der Waals surface area (Å²) in [6, 6.07) is 4.95. The molecule has 0 spiro atoms. The van der Waals surface area contributed by atoms with Crippen LogP contribution < -0.4 is 11.1 Å². The Labute approximate surface area is 120 Å². The van der Waals surface area contributed by atoms with Crippen LogP contribution in [0.4, 0.5) is 0 Å². The molecule has 1 amide bonds.